The van der Waals surface area contributed by atoms with Gasteiger partial charge in [-0.05, 0) is 19.9 Å². The number of hydrogen-bond acceptors (Lipinski definition) is 4. The van der Waals surface area contributed by atoms with Gasteiger partial charge in [-0.15, -0.1) is 4.40 Å². The molecule has 0 aliphatic carbocycles. The summed E-state index contributed by atoms with van der Waals surface area (Å²) in [7, 11) is -3.79. The van der Waals surface area contributed by atoms with Gasteiger partial charge in [0.2, 0.25) is 0 Å². The lowest BCUT2D eigenvalue weighted by Crippen LogP contribution is -2.31. The van der Waals surface area contributed by atoms with E-state index in [0.29, 0.717) is 0 Å². The van der Waals surface area contributed by atoms with Crippen molar-refractivity contribution < 1.29 is 22.3 Å². The lowest BCUT2D eigenvalue weighted by atomic mass is 10.2. The van der Waals surface area contributed by atoms with Crippen LogP contribution >= 0.6 is 0 Å². The summed E-state index contributed by atoms with van der Waals surface area (Å²) in [5.41, 5.74) is 0.318. The van der Waals surface area contributed by atoms with Gasteiger partial charge < -0.3 is 4.74 Å². The number of rotatable bonds is 4. The number of benzene rings is 1. The molecule has 1 aromatic carbocycles. The fourth-order valence-corrected chi connectivity index (χ4v) is 2.98. The molecule has 0 spiro atoms. The Labute approximate surface area is 128 Å². The van der Waals surface area contributed by atoms with Gasteiger partial charge in [0.15, 0.2) is 0 Å². The third-order valence-electron chi connectivity index (χ3n) is 3.06. The highest BCUT2D eigenvalue weighted by Gasteiger charge is 2.27. The van der Waals surface area contributed by atoms with Crippen LogP contribution in [0.3, 0.4) is 0 Å². The average molecular weight is 326 g/mol. The summed E-state index contributed by atoms with van der Waals surface area (Å²) in [6.45, 7) is 2.92. The predicted octanol–water partition coefficient (Wildman–Crippen LogP) is 1.79. The van der Waals surface area contributed by atoms with Crippen molar-refractivity contribution in [2.45, 2.75) is 20.5 Å². The van der Waals surface area contributed by atoms with E-state index in [1.165, 1.54) is 31.3 Å². The van der Waals surface area contributed by atoms with Crippen molar-refractivity contribution in [3.8, 4) is 0 Å². The minimum absolute atomic E-state index is 0.0352. The molecule has 22 heavy (non-hydrogen) atoms. The Hall–Kier alpha value is -2.22. The van der Waals surface area contributed by atoms with E-state index in [0.717, 1.165) is 4.31 Å². The second-order valence-corrected chi connectivity index (χ2v) is 6.12. The zero-order valence-corrected chi connectivity index (χ0v) is 12.9. The fraction of sp³-hybridized carbons (Fsp3) is 0.286. The molecule has 8 heteroatoms. The van der Waals surface area contributed by atoms with Crippen molar-refractivity contribution in [3.05, 3.63) is 47.4 Å². The highest BCUT2D eigenvalue weighted by atomic mass is 32.2. The Morgan fingerprint density at radius 2 is 2.05 bits per heavy atom. The fourth-order valence-electron chi connectivity index (χ4n) is 1.87. The van der Waals surface area contributed by atoms with E-state index in [9.17, 15) is 17.6 Å². The lowest BCUT2D eigenvalue weighted by Gasteiger charge is -2.21. The third-order valence-corrected chi connectivity index (χ3v) is 4.52. The molecule has 1 aliphatic heterocycles. The van der Waals surface area contributed by atoms with Crippen LogP contribution in [0.5, 0.6) is 0 Å². The summed E-state index contributed by atoms with van der Waals surface area (Å²) in [6.07, 6.45) is 1.18. The molecule has 0 N–H and O–H groups in total. The van der Waals surface area contributed by atoms with Crippen LogP contribution in [0, 0.1) is 5.82 Å². The summed E-state index contributed by atoms with van der Waals surface area (Å²) in [5.74, 6) is -1.23. The van der Waals surface area contributed by atoms with Crippen LogP contribution in [-0.2, 0) is 26.3 Å². The number of carbonyl (C=O) groups excluding carboxylic acids is 1. The van der Waals surface area contributed by atoms with Crippen molar-refractivity contribution in [2.75, 3.05) is 6.54 Å². The number of esters is 1. The van der Waals surface area contributed by atoms with Gasteiger partial charge in [-0.25, -0.2) is 9.18 Å². The van der Waals surface area contributed by atoms with Crippen LogP contribution in [0.2, 0.25) is 0 Å². The second kappa shape index (κ2) is 6.27. The summed E-state index contributed by atoms with van der Waals surface area (Å²) >= 11 is 0. The minimum atomic E-state index is -3.79. The van der Waals surface area contributed by atoms with Crippen LogP contribution in [0.4, 0.5) is 4.39 Å². The molecular formula is C14H15FN2O4S. The Morgan fingerprint density at radius 3 is 2.68 bits per heavy atom. The molecule has 0 aromatic heterocycles. The molecule has 0 bridgehead atoms. The van der Waals surface area contributed by atoms with Gasteiger partial charge in [-0.1, -0.05) is 18.2 Å². The molecule has 1 aliphatic rings. The molecule has 0 atom stereocenters. The number of ether oxygens (including phenoxy) is 1. The van der Waals surface area contributed by atoms with Crippen molar-refractivity contribution in [3.63, 3.8) is 0 Å². The molecule has 0 fully saturated rings. The normalized spacial score (nSPS) is 16.8. The highest BCUT2D eigenvalue weighted by molar-refractivity contribution is 7.88. The Morgan fingerprint density at radius 1 is 1.36 bits per heavy atom. The Bertz CT molecular complexity index is 756. The first-order valence-electron chi connectivity index (χ1n) is 6.56. The molecule has 2 rings (SSSR count). The van der Waals surface area contributed by atoms with Crippen LogP contribution in [0.15, 0.2) is 40.4 Å². The predicted molar refractivity (Wildman–Crippen MR) is 78.7 cm³/mol. The van der Waals surface area contributed by atoms with Gasteiger partial charge in [0.05, 0.1) is 11.3 Å². The molecular weight excluding hydrogens is 311 g/mol. The van der Waals surface area contributed by atoms with Crippen molar-refractivity contribution in [1.82, 2.24) is 4.31 Å². The topological polar surface area (TPSA) is 76.0 Å². The van der Waals surface area contributed by atoms with E-state index in [1.807, 2.05) is 0 Å². The molecule has 0 amide bonds. The number of nitrogens with zero attached hydrogens (tertiary/aromatic N) is 2. The maximum Gasteiger partial charge on any atom is 0.344 e. The van der Waals surface area contributed by atoms with E-state index >= 15 is 0 Å². The SMILES string of the molecule is CCN1C=C(C(=O)OCc2ccccc2F)C(C)=NS1(=O)=O. The number of halogens is 1. The highest BCUT2D eigenvalue weighted by Crippen LogP contribution is 2.18. The van der Waals surface area contributed by atoms with Gasteiger partial charge in [-0.2, -0.15) is 8.42 Å². The van der Waals surface area contributed by atoms with Crippen LogP contribution in [0.25, 0.3) is 0 Å². The molecule has 0 unspecified atom stereocenters. The zero-order valence-electron chi connectivity index (χ0n) is 12.1. The van der Waals surface area contributed by atoms with Crippen LogP contribution in [-0.4, -0.2) is 30.9 Å². The van der Waals surface area contributed by atoms with E-state index in [1.54, 1.807) is 13.0 Å². The molecule has 1 aromatic rings. The summed E-state index contributed by atoms with van der Waals surface area (Å²) in [4.78, 5) is 12.1. The monoisotopic (exact) mass is 326 g/mol. The van der Waals surface area contributed by atoms with Crippen LogP contribution < -0.4 is 0 Å². The van der Waals surface area contributed by atoms with E-state index in [4.69, 9.17) is 4.74 Å². The van der Waals surface area contributed by atoms with Gasteiger partial charge in [0.25, 0.3) is 0 Å². The summed E-state index contributed by atoms with van der Waals surface area (Å²) in [6, 6.07) is 5.93. The van der Waals surface area contributed by atoms with Gasteiger partial charge in [0, 0.05) is 18.3 Å². The third kappa shape index (κ3) is 3.33. The largest absolute Gasteiger partial charge is 0.457 e. The average Bonchev–Trinajstić information content (AvgIpc) is 2.45. The van der Waals surface area contributed by atoms with E-state index in [-0.39, 0.29) is 30.0 Å². The van der Waals surface area contributed by atoms with Crippen molar-refractivity contribution in [1.29, 1.82) is 0 Å². The summed E-state index contributed by atoms with van der Waals surface area (Å²) < 4.78 is 46.4. The molecule has 0 saturated heterocycles. The van der Waals surface area contributed by atoms with Crippen LogP contribution in [0.1, 0.15) is 19.4 Å². The first-order valence-corrected chi connectivity index (χ1v) is 7.96. The zero-order chi connectivity index (χ0) is 16.3. The van der Waals surface area contributed by atoms with E-state index < -0.39 is 22.0 Å². The van der Waals surface area contributed by atoms with Crippen molar-refractivity contribution >= 4 is 21.9 Å². The molecule has 6 nitrogen and oxygen atoms in total. The first kappa shape index (κ1) is 16.2. The van der Waals surface area contributed by atoms with Gasteiger partial charge in [-0.3, -0.25) is 4.31 Å². The number of hydrogen-bond donors (Lipinski definition) is 0. The smallest absolute Gasteiger partial charge is 0.344 e. The minimum Gasteiger partial charge on any atom is -0.457 e. The molecule has 118 valence electrons. The molecule has 0 radical (unpaired) electrons. The number of carbonyl (C=O) groups is 1. The Balaban J connectivity index is 2.15. The maximum absolute atomic E-state index is 13.5. The lowest BCUT2D eigenvalue weighted by molar-refractivity contribution is -0.139. The van der Waals surface area contributed by atoms with Gasteiger partial charge >= 0.3 is 16.2 Å². The first-order chi connectivity index (χ1) is 10.3. The maximum atomic E-state index is 13.5. The van der Waals surface area contributed by atoms with E-state index in [2.05, 4.69) is 4.40 Å². The van der Waals surface area contributed by atoms with Gasteiger partial charge in [0.1, 0.15) is 12.4 Å². The second-order valence-electron chi connectivity index (χ2n) is 4.57. The van der Waals surface area contributed by atoms with Crippen molar-refractivity contribution in [2.24, 2.45) is 4.40 Å². The molecule has 0 saturated carbocycles. The summed E-state index contributed by atoms with van der Waals surface area (Å²) in [5, 5.41) is 0. The standard InChI is InChI=1S/C14H15FN2O4S/c1-3-17-8-12(10(2)16-22(17,19)20)14(18)21-9-11-6-4-5-7-13(11)15/h4-8H,3,9H2,1-2H3. The molecule has 1 heterocycles. The quantitative estimate of drug-likeness (QED) is 0.791. The Kier molecular flexibility index (Phi) is 4.60.